The molecule has 2 heterocycles. The lowest BCUT2D eigenvalue weighted by Gasteiger charge is -2.22. The molecule has 4 rings (SSSR count). The molecule has 0 aliphatic carbocycles. The number of ether oxygens (including phenoxy) is 3. The predicted molar refractivity (Wildman–Crippen MR) is 111 cm³/mol. The van der Waals surface area contributed by atoms with Gasteiger partial charge in [-0.1, -0.05) is 12.1 Å². The van der Waals surface area contributed by atoms with E-state index in [1.807, 2.05) is 35.2 Å². The van der Waals surface area contributed by atoms with Crippen LogP contribution in [0.25, 0.3) is 0 Å². The molecular weight excluding hydrogens is 368 g/mol. The highest BCUT2D eigenvalue weighted by atomic mass is 16.5. The quantitative estimate of drug-likeness (QED) is 0.794. The van der Waals surface area contributed by atoms with Crippen LogP contribution in [0.3, 0.4) is 0 Å². The Morgan fingerprint density at radius 3 is 2.52 bits per heavy atom. The van der Waals surface area contributed by atoms with Gasteiger partial charge in [0.25, 0.3) is 5.91 Å². The summed E-state index contributed by atoms with van der Waals surface area (Å²) in [4.78, 5) is 17.4. The highest BCUT2D eigenvalue weighted by Crippen LogP contribution is 2.31. The van der Waals surface area contributed by atoms with E-state index in [0.29, 0.717) is 24.5 Å². The van der Waals surface area contributed by atoms with E-state index in [9.17, 15) is 4.79 Å². The highest BCUT2D eigenvalue weighted by Gasteiger charge is 2.22. The standard InChI is InChI=1S/C23H28N2O4/c1-27-20-7-4-18(5-8-20)17-24-10-2-11-25(13-12-24)23(26)19-6-9-21-22(16-19)29-15-3-14-28-21/h4-9,16H,2-3,10-15,17H2,1H3. The summed E-state index contributed by atoms with van der Waals surface area (Å²) >= 11 is 0. The Morgan fingerprint density at radius 2 is 1.72 bits per heavy atom. The first-order valence-corrected chi connectivity index (χ1v) is 10.3. The minimum Gasteiger partial charge on any atom is -0.497 e. The largest absolute Gasteiger partial charge is 0.497 e. The topological polar surface area (TPSA) is 51.2 Å². The fraction of sp³-hybridized carbons (Fsp3) is 0.435. The van der Waals surface area contributed by atoms with Crippen molar-refractivity contribution in [2.24, 2.45) is 0 Å². The summed E-state index contributed by atoms with van der Waals surface area (Å²) in [5.74, 6) is 2.33. The normalized spacial score (nSPS) is 17.3. The van der Waals surface area contributed by atoms with Crippen LogP contribution in [-0.4, -0.2) is 62.2 Å². The molecule has 1 amide bonds. The molecule has 0 bridgehead atoms. The molecule has 0 N–H and O–H groups in total. The Kier molecular flexibility index (Phi) is 6.20. The van der Waals surface area contributed by atoms with Crippen molar-refractivity contribution in [2.45, 2.75) is 19.4 Å². The van der Waals surface area contributed by atoms with Crippen LogP contribution in [0.5, 0.6) is 17.2 Å². The zero-order valence-electron chi connectivity index (χ0n) is 16.9. The van der Waals surface area contributed by atoms with Crippen molar-refractivity contribution < 1.29 is 19.0 Å². The van der Waals surface area contributed by atoms with E-state index in [4.69, 9.17) is 14.2 Å². The van der Waals surface area contributed by atoms with E-state index in [1.165, 1.54) is 5.56 Å². The molecule has 154 valence electrons. The molecule has 1 saturated heterocycles. The van der Waals surface area contributed by atoms with Gasteiger partial charge in [0.15, 0.2) is 11.5 Å². The summed E-state index contributed by atoms with van der Waals surface area (Å²) in [6.45, 7) is 5.50. The molecule has 0 atom stereocenters. The van der Waals surface area contributed by atoms with Crippen LogP contribution in [0, 0.1) is 0 Å². The molecular formula is C23H28N2O4. The first-order chi connectivity index (χ1) is 14.2. The van der Waals surface area contributed by atoms with Crippen LogP contribution in [0.4, 0.5) is 0 Å². The van der Waals surface area contributed by atoms with Crippen LogP contribution in [-0.2, 0) is 6.54 Å². The highest BCUT2D eigenvalue weighted by molar-refractivity contribution is 5.95. The van der Waals surface area contributed by atoms with E-state index in [-0.39, 0.29) is 5.91 Å². The van der Waals surface area contributed by atoms with Gasteiger partial charge in [0, 0.05) is 44.7 Å². The van der Waals surface area contributed by atoms with Crippen LogP contribution in [0.1, 0.15) is 28.8 Å². The van der Waals surface area contributed by atoms with E-state index in [2.05, 4.69) is 17.0 Å². The second-order valence-electron chi connectivity index (χ2n) is 7.48. The van der Waals surface area contributed by atoms with Crippen LogP contribution in [0.15, 0.2) is 42.5 Å². The molecule has 0 radical (unpaired) electrons. The van der Waals surface area contributed by atoms with Crippen molar-refractivity contribution in [2.75, 3.05) is 46.5 Å². The first kappa shape index (κ1) is 19.6. The number of carbonyl (C=O) groups excluding carboxylic acids is 1. The van der Waals surface area contributed by atoms with E-state index < -0.39 is 0 Å². The molecule has 0 aromatic heterocycles. The number of hydrogen-bond acceptors (Lipinski definition) is 5. The van der Waals surface area contributed by atoms with Gasteiger partial charge in [-0.2, -0.15) is 0 Å². The van der Waals surface area contributed by atoms with Gasteiger partial charge in [-0.25, -0.2) is 0 Å². The molecule has 0 saturated carbocycles. The van der Waals surface area contributed by atoms with Crippen molar-refractivity contribution in [3.05, 3.63) is 53.6 Å². The summed E-state index contributed by atoms with van der Waals surface area (Å²) in [6, 6.07) is 13.7. The maximum Gasteiger partial charge on any atom is 0.254 e. The van der Waals surface area contributed by atoms with Crippen molar-refractivity contribution in [3.8, 4) is 17.2 Å². The SMILES string of the molecule is COc1ccc(CN2CCCN(C(=O)c3ccc4c(c3)OCCCO4)CC2)cc1. The molecule has 0 spiro atoms. The zero-order valence-corrected chi connectivity index (χ0v) is 16.9. The van der Waals surface area contributed by atoms with Gasteiger partial charge in [0.05, 0.1) is 20.3 Å². The van der Waals surface area contributed by atoms with Gasteiger partial charge < -0.3 is 19.1 Å². The number of fused-ring (bicyclic) bond motifs is 1. The number of benzene rings is 2. The summed E-state index contributed by atoms with van der Waals surface area (Å²) in [6.07, 6.45) is 1.82. The van der Waals surface area contributed by atoms with Gasteiger partial charge in [0.1, 0.15) is 5.75 Å². The Hall–Kier alpha value is -2.73. The number of rotatable bonds is 4. The second-order valence-corrected chi connectivity index (χ2v) is 7.48. The third-order valence-corrected chi connectivity index (χ3v) is 5.44. The maximum atomic E-state index is 13.1. The predicted octanol–water partition coefficient (Wildman–Crippen LogP) is 3.20. The molecule has 2 aromatic carbocycles. The molecule has 2 aliphatic rings. The summed E-state index contributed by atoms with van der Waals surface area (Å²) < 4.78 is 16.6. The van der Waals surface area contributed by atoms with E-state index in [1.54, 1.807) is 7.11 Å². The van der Waals surface area contributed by atoms with Crippen molar-refractivity contribution in [3.63, 3.8) is 0 Å². The second kappa shape index (κ2) is 9.18. The lowest BCUT2D eigenvalue weighted by atomic mass is 10.1. The van der Waals surface area contributed by atoms with Gasteiger partial charge in [0.2, 0.25) is 0 Å². The van der Waals surface area contributed by atoms with Gasteiger partial charge >= 0.3 is 0 Å². The Labute approximate surface area is 172 Å². The van der Waals surface area contributed by atoms with Gasteiger partial charge in [-0.05, 0) is 42.3 Å². The summed E-state index contributed by atoms with van der Waals surface area (Å²) in [5.41, 5.74) is 1.92. The molecule has 6 heteroatoms. The summed E-state index contributed by atoms with van der Waals surface area (Å²) in [7, 11) is 1.68. The molecule has 2 aliphatic heterocycles. The number of methoxy groups -OCH3 is 1. The monoisotopic (exact) mass is 396 g/mol. The first-order valence-electron chi connectivity index (χ1n) is 10.3. The van der Waals surface area contributed by atoms with Crippen LogP contribution in [0.2, 0.25) is 0 Å². The van der Waals surface area contributed by atoms with Crippen LogP contribution < -0.4 is 14.2 Å². The number of amides is 1. The van der Waals surface area contributed by atoms with E-state index >= 15 is 0 Å². The molecule has 6 nitrogen and oxygen atoms in total. The third kappa shape index (κ3) is 4.82. The van der Waals surface area contributed by atoms with Crippen molar-refractivity contribution in [1.29, 1.82) is 0 Å². The smallest absolute Gasteiger partial charge is 0.254 e. The minimum absolute atomic E-state index is 0.0620. The number of carbonyl (C=O) groups is 1. The molecule has 0 unspecified atom stereocenters. The average Bonchev–Trinajstić information content (AvgIpc) is 3.14. The van der Waals surface area contributed by atoms with E-state index in [0.717, 1.165) is 57.1 Å². The minimum atomic E-state index is 0.0620. The number of nitrogens with zero attached hydrogens (tertiary/aromatic N) is 2. The average molecular weight is 396 g/mol. The number of hydrogen-bond donors (Lipinski definition) is 0. The Bertz CT molecular complexity index is 837. The zero-order chi connectivity index (χ0) is 20.1. The fourth-order valence-electron chi connectivity index (χ4n) is 3.80. The summed E-state index contributed by atoms with van der Waals surface area (Å²) in [5, 5.41) is 0. The lowest BCUT2D eigenvalue weighted by Crippen LogP contribution is -2.35. The Balaban J connectivity index is 1.37. The van der Waals surface area contributed by atoms with Crippen LogP contribution >= 0.6 is 0 Å². The lowest BCUT2D eigenvalue weighted by molar-refractivity contribution is 0.0760. The van der Waals surface area contributed by atoms with Crippen molar-refractivity contribution >= 4 is 5.91 Å². The molecule has 29 heavy (non-hydrogen) atoms. The third-order valence-electron chi connectivity index (χ3n) is 5.44. The van der Waals surface area contributed by atoms with Gasteiger partial charge in [-0.3, -0.25) is 9.69 Å². The maximum absolute atomic E-state index is 13.1. The Morgan fingerprint density at radius 1 is 0.931 bits per heavy atom. The van der Waals surface area contributed by atoms with Gasteiger partial charge in [-0.15, -0.1) is 0 Å². The van der Waals surface area contributed by atoms with Crippen molar-refractivity contribution in [1.82, 2.24) is 9.80 Å². The molecule has 2 aromatic rings. The molecule has 1 fully saturated rings. The fourth-order valence-corrected chi connectivity index (χ4v) is 3.80.